The standard InChI is InChI=1S/C9H12BrN3O.ClH/c10-8-3-6(4-12-8)9(14)13-2-1-7(11)5-13;/h3-4,7,12H,1-2,5,11H2;1H/t7-;/m1./s1. The third kappa shape index (κ3) is 2.74. The molecular formula is C9H13BrClN3O. The van der Waals surface area contributed by atoms with Crippen LogP contribution in [0.15, 0.2) is 16.9 Å². The molecule has 3 N–H and O–H groups in total. The zero-order valence-corrected chi connectivity index (χ0v) is 10.5. The van der Waals surface area contributed by atoms with Crippen LogP contribution in [0.25, 0.3) is 0 Å². The van der Waals surface area contributed by atoms with Crippen molar-refractivity contribution >= 4 is 34.2 Å². The molecule has 0 saturated carbocycles. The van der Waals surface area contributed by atoms with Gasteiger partial charge in [0.1, 0.15) is 0 Å². The molecular weight excluding hydrogens is 281 g/mol. The summed E-state index contributed by atoms with van der Waals surface area (Å²) in [5.41, 5.74) is 6.42. The smallest absolute Gasteiger partial charge is 0.255 e. The third-order valence-electron chi connectivity index (χ3n) is 2.41. The van der Waals surface area contributed by atoms with Crippen molar-refractivity contribution in [2.75, 3.05) is 13.1 Å². The Morgan fingerprint density at radius 3 is 2.87 bits per heavy atom. The minimum Gasteiger partial charge on any atom is -0.355 e. The van der Waals surface area contributed by atoms with Crippen LogP contribution in [-0.4, -0.2) is 34.9 Å². The molecule has 1 amide bonds. The Balaban J connectivity index is 0.00000112. The van der Waals surface area contributed by atoms with Gasteiger partial charge in [-0.1, -0.05) is 0 Å². The van der Waals surface area contributed by atoms with E-state index in [0.717, 1.165) is 17.6 Å². The highest BCUT2D eigenvalue weighted by Gasteiger charge is 2.24. The number of nitrogens with one attached hydrogen (secondary N) is 1. The van der Waals surface area contributed by atoms with Crippen molar-refractivity contribution in [2.24, 2.45) is 5.73 Å². The van der Waals surface area contributed by atoms with Crippen molar-refractivity contribution in [1.29, 1.82) is 0 Å². The SMILES string of the molecule is Cl.N[C@@H]1CCN(C(=O)c2c[nH]c(Br)c2)C1. The Hall–Kier alpha value is -0.520. The van der Waals surface area contributed by atoms with Crippen LogP contribution < -0.4 is 5.73 Å². The van der Waals surface area contributed by atoms with Gasteiger partial charge < -0.3 is 15.6 Å². The molecule has 1 aliphatic heterocycles. The molecule has 1 atom stereocenters. The van der Waals surface area contributed by atoms with Crippen molar-refractivity contribution in [1.82, 2.24) is 9.88 Å². The summed E-state index contributed by atoms with van der Waals surface area (Å²) in [7, 11) is 0. The summed E-state index contributed by atoms with van der Waals surface area (Å²) in [6.45, 7) is 1.43. The molecule has 0 spiro atoms. The summed E-state index contributed by atoms with van der Waals surface area (Å²) >= 11 is 3.27. The van der Waals surface area contributed by atoms with E-state index in [-0.39, 0.29) is 24.4 Å². The Bertz CT molecular complexity index is 355. The van der Waals surface area contributed by atoms with Crippen LogP contribution >= 0.6 is 28.3 Å². The van der Waals surface area contributed by atoms with E-state index in [1.165, 1.54) is 0 Å². The molecule has 0 aliphatic carbocycles. The zero-order chi connectivity index (χ0) is 10.1. The van der Waals surface area contributed by atoms with E-state index in [0.29, 0.717) is 12.1 Å². The number of likely N-dealkylation sites (tertiary alicyclic amines) is 1. The molecule has 0 aromatic carbocycles. The normalized spacial score (nSPS) is 20.1. The first-order chi connectivity index (χ1) is 6.66. The molecule has 1 aromatic heterocycles. The molecule has 6 heteroatoms. The first-order valence-corrected chi connectivity index (χ1v) is 5.35. The van der Waals surface area contributed by atoms with Gasteiger partial charge in [0.2, 0.25) is 0 Å². The average molecular weight is 295 g/mol. The Morgan fingerprint density at radius 2 is 2.40 bits per heavy atom. The fourth-order valence-corrected chi connectivity index (χ4v) is 2.01. The van der Waals surface area contributed by atoms with Gasteiger partial charge in [-0.05, 0) is 28.4 Å². The molecule has 15 heavy (non-hydrogen) atoms. The van der Waals surface area contributed by atoms with Gasteiger partial charge in [0.25, 0.3) is 5.91 Å². The lowest BCUT2D eigenvalue weighted by Gasteiger charge is -2.14. The van der Waals surface area contributed by atoms with Crippen molar-refractivity contribution in [2.45, 2.75) is 12.5 Å². The summed E-state index contributed by atoms with van der Waals surface area (Å²) in [6.07, 6.45) is 2.60. The number of nitrogens with zero attached hydrogens (tertiary/aromatic N) is 1. The summed E-state index contributed by atoms with van der Waals surface area (Å²) in [4.78, 5) is 16.5. The van der Waals surface area contributed by atoms with Gasteiger partial charge in [0, 0.05) is 25.3 Å². The zero-order valence-electron chi connectivity index (χ0n) is 8.07. The molecule has 1 saturated heterocycles. The molecule has 2 rings (SSSR count). The molecule has 1 aliphatic rings. The van der Waals surface area contributed by atoms with E-state index in [1.54, 1.807) is 17.2 Å². The van der Waals surface area contributed by atoms with Gasteiger partial charge in [0.05, 0.1) is 10.2 Å². The maximum absolute atomic E-state index is 11.8. The number of carbonyl (C=O) groups is 1. The number of nitrogens with two attached hydrogens (primary N) is 1. The van der Waals surface area contributed by atoms with Crippen LogP contribution in [0.5, 0.6) is 0 Å². The number of hydrogen-bond donors (Lipinski definition) is 2. The number of amides is 1. The Morgan fingerprint density at radius 1 is 1.67 bits per heavy atom. The topological polar surface area (TPSA) is 62.1 Å². The van der Waals surface area contributed by atoms with Crippen molar-refractivity contribution in [3.8, 4) is 0 Å². The predicted octanol–water partition coefficient (Wildman–Crippen LogP) is 1.37. The van der Waals surface area contributed by atoms with E-state index < -0.39 is 0 Å². The molecule has 2 heterocycles. The van der Waals surface area contributed by atoms with Crippen LogP contribution in [0, 0.1) is 0 Å². The lowest BCUT2D eigenvalue weighted by molar-refractivity contribution is 0.0791. The fraction of sp³-hybridized carbons (Fsp3) is 0.444. The Kier molecular flexibility index (Phi) is 4.19. The number of aromatic nitrogens is 1. The van der Waals surface area contributed by atoms with Crippen LogP contribution in [0.2, 0.25) is 0 Å². The van der Waals surface area contributed by atoms with Crippen molar-refractivity contribution in [3.05, 3.63) is 22.4 Å². The summed E-state index contributed by atoms with van der Waals surface area (Å²) < 4.78 is 0.823. The minimum absolute atomic E-state index is 0. The van der Waals surface area contributed by atoms with Gasteiger partial charge in [-0.2, -0.15) is 0 Å². The van der Waals surface area contributed by atoms with E-state index in [1.807, 2.05) is 0 Å². The maximum Gasteiger partial charge on any atom is 0.255 e. The van der Waals surface area contributed by atoms with Crippen LogP contribution in [0.3, 0.4) is 0 Å². The predicted molar refractivity (Wildman–Crippen MR) is 64.2 cm³/mol. The molecule has 84 valence electrons. The molecule has 4 nitrogen and oxygen atoms in total. The molecule has 1 aromatic rings. The second-order valence-corrected chi connectivity index (χ2v) is 4.39. The molecule has 0 radical (unpaired) electrons. The van der Waals surface area contributed by atoms with E-state index in [2.05, 4.69) is 20.9 Å². The number of hydrogen-bond acceptors (Lipinski definition) is 2. The quantitative estimate of drug-likeness (QED) is 0.822. The van der Waals surface area contributed by atoms with Crippen LogP contribution in [0.4, 0.5) is 0 Å². The highest BCUT2D eigenvalue weighted by atomic mass is 79.9. The van der Waals surface area contributed by atoms with Gasteiger partial charge >= 0.3 is 0 Å². The van der Waals surface area contributed by atoms with E-state index >= 15 is 0 Å². The number of carbonyl (C=O) groups excluding carboxylic acids is 1. The average Bonchev–Trinajstić information content (AvgIpc) is 2.73. The van der Waals surface area contributed by atoms with Crippen molar-refractivity contribution in [3.63, 3.8) is 0 Å². The number of halogens is 2. The monoisotopic (exact) mass is 293 g/mol. The van der Waals surface area contributed by atoms with E-state index in [9.17, 15) is 4.79 Å². The van der Waals surface area contributed by atoms with Gasteiger partial charge in [0.15, 0.2) is 0 Å². The van der Waals surface area contributed by atoms with Gasteiger partial charge in [-0.25, -0.2) is 0 Å². The second kappa shape index (κ2) is 5.01. The number of H-pyrrole nitrogens is 1. The van der Waals surface area contributed by atoms with Gasteiger partial charge in [-0.3, -0.25) is 4.79 Å². The van der Waals surface area contributed by atoms with E-state index in [4.69, 9.17) is 5.73 Å². The van der Waals surface area contributed by atoms with Crippen LogP contribution in [0.1, 0.15) is 16.8 Å². The fourth-order valence-electron chi connectivity index (χ4n) is 1.64. The van der Waals surface area contributed by atoms with Crippen molar-refractivity contribution < 1.29 is 4.79 Å². The number of rotatable bonds is 1. The largest absolute Gasteiger partial charge is 0.355 e. The lowest BCUT2D eigenvalue weighted by Crippen LogP contribution is -2.31. The molecule has 0 bridgehead atoms. The summed E-state index contributed by atoms with van der Waals surface area (Å²) in [5.74, 6) is 0.0555. The maximum atomic E-state index is 11.8. The molecule has 1 fully saturated rings. The first-order valence-electron chi connectivity index (χ1n) is 4.55. The lowest BCUT2D eigenvalue weighted by atomic mass is 10.3. The van der Waals surface area contributed by atoms with Gasteiger partial charge in [-0.15, -0.1) is 12.4 Å². The second-order valence-electron chi connectivity index (χ2n) is 3.54. The van der Waals surface area contributed by atoms with Crippen LogP contribution in [-0.2, 0) is 0 Å². The Labute approximate surface area is 103 Å². The molecule has 0 unspecified atom stereocenters. The first kappa shape index (κ1) is 12.5. The minimum atomic E-state index is 0. The highest BCUT2D eigenvalue weighted by Crippen LogP contribution is 2.15. The summed E-state index contributed by atoms with van der Waals surface area (Å²) in [5, 5.41) is 0. The third-order valence-corrected chi connectivity index (χ3v) is 2.86. The number of aromatic amines is 1. The highest BCUT2D eigenvalue weighted by molar-refractivity contribution is 9.10. The summed E-state index contributed by atoms with van der Waals surface area (Å²) in [6, 6.07) is 1.92.